The van der Waals surface area contributed by atoms with Crippen LogP contribution in [-0.2, 0) is 14.4 Å². The van der Waals surface area contributed by atoms with Crippen molar-refractivity contribution in [2.24, 2.45) is 0 Å². The molecule has 1 heterocycles. The van der Waals surface area contributed by atoms with Gasteiger partial charge in [-0.3, -0.25) is 4.84 Å². The minimum atomic E-state index is -1.06. The summed E-state index contributed by atoms with van der Waals surface area (Å²) in [6.07, 6.45) is 1.60. The maximum absolute atomic E-state index is 12.0. The number of nitrogens with zero attached hydrogens (tertiary/aromatic N) is 1. The lowest BCUT2D eigenvalue weighted by Crippen LogP contribution is -2.51. The summed E-state index contributed by atoms with van der Waals surface area (Å²) in [5.74, 6) is -0.406. The van der Waals surface area contributed by atoms with E-state index >= 15 is 0 Å². The molecule has 6 nitrogen and oxygen atoms in total. The van der Waals surface area contributed by atoms with Crippen molar-refractivity contribution in [2.45, 2.75) is 70.7 Å². The molecular formula is C14H25N3O3. The number of esters is 1. The molecule has 0 aromatic heterocycles. The Morgan fingerprint density at radius 2 is 1.95 bits per heavy atom. The van der Waals surface area contributed by atoms with Crippen LogP contribution in [-0.4, -0.2) is 35.8 Å². The zero-order chi connectivity index (χ0) is 15.4. The first-order chi connectivity index (χ1) is 9.14. The fourth-order valence-electron chi connectivity index (χ4n) is 1.74. The van der Waals surface area contributed by atoms with Gasteiger partial charge in [0.15, 0.2) is 5.60 Å². The number of nitrogens with one attached hydrogen (secondary N) is 2. The van der Waals surface area contributed by atoms with E-state index in [0.717, 1.165) is 12.8 Å². The predicted octanol–water partition coefficient (Wildman–Crippen LogP) is 1.27. The van der Waals surface area contributed by atoms with Gasteiger partial charge in [0.1, 0.15) is 5.60 Å². The van der Waals surface area contributed by atoms with Crippen molar-refractivity contribution in [3.63, 3.8) is 0 Å². The standard InChI is InChI=1S/C14H25N3O3/c1-13(2,3)19-12(18)14(4,5)20-17-11-7-6-10(8-15)16-9-11/h10-11,16-17H,6-7,9H2,1-5H3/t10-,11+/m0/s1. The van der Waals surface area contributed by atoms with Crippen molar-refractivity contribution in [3.8, 4) is 6.07 Å². The fourth-order valence-corrected chi connectivity index (χ4v) is 1.74. The molecule has 0 aromatic rings. The van der Waals surface area contributed by atoms with Crippen LogP contribution in [0.1, 0.15) is 47.5 Å². The van der Waals surface area contributed by atoms with Gasteiger partial charge in [-0.25, -0.2) is 4.79 Å². The van der Waals surface area contributed by atoms with Crippen molar-refractivity contribution in [2.75, 3.05) is 6.54 Å². The Labute approximate surface area is 120 Å². The fraction of sp³-hybridized carbons (Fsp3) is 0.857. The molecule has 1 aliphatic heterocycles. The molecule has 0 aliphatic carbocycles. The van der Waals surface area contributed by atoms with Gasteiger partial charge in [0.25, 0.3) is 0 Å². The minimum absolute atomic E-state index is 0.0845. The number of hydrogen-bond acceptors (Lipinski definition) is 6. The van der Waals surface area contributed by atoms with Crippen LogP contribution in [0.4, 0.5) is 0 Å². The van der Waals surface area contributed by atoms with Gasteiger partial charge in [0.2, 0.25) is 0 Å². The Hall–Kier alpha value is -1.16. The van der Waals surface area contributed by atoms with Gasteiger partial charge in [-0.2, -0.15) is 10.7 Å². The van der Waals surface area contributed by atoms with E-state index < -0.39 is 17.2 Å². The zero-order valence-corrected chi connectivity index (χ0v) is 12.9. The Balaban J connectivity index is 2.40. The van der Waals surface area contributed by atoms with E-state index in [0.29, 0.717) is 6.54 Å². The van der Waals surface area contributed by atoms with E-state index in [4.69, 9.17) is 14.8 Å². The summed E-state index contributed by atoms with van der Waals surface area (Å²) in [5, 5.41) is 11.9. The van der Waals surface area contributed by atoms with Gasteiger partial charge in [0, 0.05) is 12.6 Å². The lowest BCUT2D eigenvalue weighted by atomic mass is 10.0. The SMILES string of the molecule is CC(C)(C)OC(=O)C(C)(C)ON[C@@H]1CC[C@@H](C#N)NC1. The van der Waals surface area contributed by atoms with Crippen LogP contribution in [0.2, 0.25) is 0 Å². The van der Waals surface area contributed by atoms with Crippen LogP contribution in [0, 0.1) is 11.3 Å². The van der Waals surface area contributed by atoms with Crippen LogP contribution in [0.3, 0.4) is 0 Å². The molecule has 1 saturated heterocycles. The number of piperidine rings is 1. The molecule has 1 rings (SSSR count). The lowest BCUT2D eigenvalue weighted by Gasteiger charge is -2.32. The van der Waals surface area contributed by atoms with Crippen LogP contribution in [0.25, 0.3) is 0 Å². The smallest absolute Gasteiger partial charge is 0.340 e. The van der Waals surface area contributed by atoms with Crippen molar-refractivity contribution >= 4 is 5.97 Å². The first-order valence-electron chi connectivity index (χ1n) is 6.94. The monoisotopic (exact) mass is 283 g/mol. The quantitative estimate of drug-likeness (QED) is 0.597. The van der Waals surface area contributed by atoms with Crippen molar-refractivity contribution in [1.82, 2.24) is 10.8 Å². The highest BCUT2D eigenvalue weighted by atomic mass is 16.7. The normalized spacial score (nSPS) is 24.0. The second-order valence-electron chi connectivity index (χ2n) is 6.60. The van der Waals surface area contributed by atoms with E-state index in [1.807, 2.05) is 20.8 Å². The van der Waals surface area contributed by atoms with E-state index in [-0.39, 0.29) is 12.1 Å². The van der Waals surface area contributed by atoms with Crippen molar-refractivity contribution < 1.29 is 14.4 Å². The van der Waals surface area contributed by atoms with E-state index in [1.165, 1.54) is 0 Å². The number of carbonyl (C=O) groups excluding carboxylic acids is 1. The van der Waals surface area contributed by atoms with Crippen molar-refractivity contribution in [3.05, 3.63) is 0 Å². The molecule has 0 amide bonds. The summed E-state index contributed by atoms with van der Waals surface area (Å²) < 4.78 is 5.31. The highest BCUT2D eigenvalue weighted by molar-refractivity contribution is 5.78. The van der Waals surface area contributed by atoms with Gasteiger partial charge in [0.05, 0.1) is 12.1 Å². The summed E-state index contributed by atoms with van der Waals surface area (Å²) in [5.41, 5.74) is 1.31. The Morgan fingerprint density at radius 1 is 1.30 bits per heavy atom. The molecule has 0 spiro atoms. The minimum Gasteiger partial charge on any atom is -0.458 e. The topological polar surface area (TPSA) is 83.4 Å². The molecule has 114 valence electrons. The maximum Gasteiger partial charge on any atom is 0.340 e. The number of hydrogen-bond donors (Lipinski definition) is 2. The number of ether oxygens (including phenoxy) is 1. The predicted molar refractivity (Wildman–Crippen MR) is 74.6 cm³/mol. The molecule has 0 aromatic carbocycles. The molecule has 0 radical (unpaired) electrons. The van der Waals surface area contributed by atoms with Crippen LogP contribution in [0.15, 0.2) is 0 Å². The molecule has 20 heavy (non-hydrogen) atoms. The second kappa shape index (κ2) is 6.53. The summed E-state index contributed by atoms with van der Waals surface area (Å²) in [4.78, 5) is 17.5. The lowest BCUT2D eigenvalue weighted by molar-refractivity contribution is -0.191. The van der Waals surface area contributed by atoms with Gasteiger partial charge < -0.3 is 10.1 Å². The van der Waals surface area contributed by atoms with E-state index in [1.54, 1.807) is 13.8 Å². The molecule has 1 fully saturated rings. The average molecular weight is 283 g/mol. The average Bonchev–Trinajstić information content (AvgIpc) is 2.35. The van der Waals surface area contributed by atoms with Gasteiger partial charge in [-0.15, -0.1) is 0 Å². The van der Waals surface area contributed by atoms with Crippen molar-refractivity contribution in [1.29, 1.82) is 5.26 Å². The van der Waals surface area contributed by atoms with Crippen LogP contribution < -0.4 is 10.8 Å². The molecular weight excluding hydrogens is 258 g/mol. The zero-order valence-electron chi connectivity index (χ0n) is 12.9. The Morgan fingerprint density at radius 3 is 2.40 bits per heavy atom. The first kappa shape index (κ1) is 16.9. The van der Waals surface area contributed by atoms with Gasteiger partial charge in [-0.1, -0.05) is 0 Å². The Kier molecular flexibility index (Phi) is 5.51. The second-order valence-corrected chi connectivity index (χ2v) is 6.60. The number of hydroxylamine groups is 1. The number of nitriles is 1. The van der Waals surface area contributed by atoms with Crippen LogP contribution in [0.5, 0.6) is 0 Å². The molecule has 6 heteroatoms. The summed E-state index contributed by atoms with van der Waals surface area (Å²) in [6, 6.07) is 2.18. The maximum atomic E-state index is 12.0. The van der Waals surface area contributed by atoms with E-state index in [9.17, 15) is 4.79 Å². The summed E-state index contributed by atoms with van der Waals surface area (Å²) >= 11 is 0. The molecule has 1 aliphatic rings. The van der Waals surface area contributed by atoms with Gasteiger partial charge in [-0.05, 0) is 47.5 Å². The highest BCUT2D eigenvalue weighted by Crippen LogP contribution is 2.17. The van der Waals surface area contributed by atoms with Crippen LogP contribution >= 0.6 is 0 Å². The molecule has 0 saturated carbocycles. The van der Waals surface area contributed by atoms with E-state index in [2.05, 4.69) is 16.9 Å². The highest BCUT2D eigenvalue weighted by Gasteiger charge is 2.35. The molecule has 2 N–H and O–H groups in total. The molecule has 0 bridgehead atoms. The molecule has 2 atom stereocenters. The van der Waals surface area contributed by atoms with Gasteiger partial charge >= 0.3 is 5.97 Å². The summed E-state index contributed by atoms with van der Waals surface area (Å²) in [7, 11) is 0. The number of carbonyl (C=O) groups is 1. The number of rotatable bonds is 4. The first-order valence-corrected chi connectivity index (χ1v) is 6.94. The molecule has 0 unspecified atom stereocenters. The third kappa shape index (κ3) is 5.45. The largest absolute Gasteiger partial charge is 0.458 e. The third-order valence-corrected chi connectivity index (χ3v) is 2.94. The summed E-state index contributed by atoms with van der Waals surface area (Å²) in [6.45, 7) is 9.44. The third-order valence-electron chi connectivity index (χ3n) is 2.94. The Bertz CT molecular complexity index is 374.